The molecule has 2 aromatic rings. The predicted octanol–water partition coefficient (Wildman–Crippen LogP) is 2.82. The van der Waals surface area contributed by atoms with Crippen LogP contribution in [0.2, 0.25) is 0 Å². The molecule has 0 saturated heterocycles. The van der Waals surface area contributed by atoms with E-state index in [-0.39, 0.29) is 18.0 Å². The quantitative estimate of drug-likeness (QED) is 0.485. The van der Waals surface area contributed by atoms with Gasteiger partial charge in [0.1, 0.15) is 5.00 Å². The second kappa shape index (κ2) is 7.89. The Kier molecular flexibility index (Phi) is 5.87. The first-order valence-electron chi connectivity index (χ1n) is 7.62. The molecule has 1 amide bonds. The standard InChI is InChI=1S/C17H19N3O4S/c1-5-24-17(23)14-10(2)15(11(3)21)25-16(14)19-13(22)7-6-12-8-18-20(4)9-12/h6-9H,5H2,1-4H3,(H,19,22). The zero-order valence-corrected chi connectivity index (χ0v) is 15.3. The van der Waals surface area contributed by atoms with Gasteiger partial charge in [0.15, 0.2) is 5.78 Å². The second-order valence-electron chi connectivity index (χ2n) is 5.31. The lowest BCUT2D eigenvalue weighted by molar-refractivity contribution is -0.111. The maximum absolute atomic E-state index is 12.2. The predicted molar refractivity (Wildman–Crippen MR) is 95.9 cm³/mol. The molecule has 0 unspecified atom stereocenters. The van der Waals surface area contributed by atoms with Gasteiger partial charge in [-0.05, 0) is 32.4 Å². The van der Waals surface area contributed by atoms with Gasteiger partial charge in [-0.1, -0.05) is 0 Å². The first kappa shape index (κ1) is 18.6. The van der Waals surface area contributed by atoms with Crippen LogP contribution < -0.4 is 5.32 Å². The molecule has 0 spiro atoms. The maximum Gasteiger partial charge on any atom is 0.341 e. The minimum Gasteiger partial charge on any atom is -0.462 e. The smallest absolute Gasteiger partial charge is 0.341 e. The highest BCUT2D eigenvalue weighted by Gasteiger charge is 2.24. The zero-order valence-electron chi connectivity index (χ0n) is 14.5. The number of thiophene rings is 1. The normalized spacial score (nSPS) is 10.9. The molecule has 0 bridgehead atoms. The molecule has 0 aliphatic carbocycles. The number of esters is 1. The molecule has 0 aromatic carbocycles. The number of aromatic nitrogens is 2. The van der Waals surface area contributed by atoms with Crippen LogP contribution in [-0.4, -0.2) is 34.0 Å². The average Bonchev–Trinajstić information content (AvgIpc) is 3.09. The molecule has 0 fully saturated rings. The van der Waals surface area contributed by atoms with Gasteiger partial charge in [0.2, 0.25) is 5.91 Å². The molecule has 0 aliphatic rings. The summed E-state index contributed by atoms with van der Waals surface area (Å²) in [7, 11) is 1.78. The highest BCUT2D eigenvalue weighted by Crippen LogP contribution is 2.34. The van der Waals surface area contributed by atoms with Crippen LogP contribution in [0.25, 0.3) is 6.08 Å². The summed E-state index contributed by atoms with van der Waals surface area (Å²) in [4.78, 5) is 36.5. The number of ether oxygens (including phenoxy) is 1. The Balaban J connectivity index is 2.26. The van der Waals surface area contributed by atoms with Crippen LogP contribution in [0.15, 0.2) is 18.5 Å². The molecule has 0 atom stereocenters. The highest BCUT2D eigenvalue weighted by atomic mass is 32.1. The van der Waals surface area contributed by atoms with Crippen molar-refractivity contribution in [3.8, 4) is 0 Å². The van der Waals surface area contributed by atoms with E-state index in [1.165, 1.54) is 13.0 Å². The first-order valence-corrected chi connectivity index (χ1v) is 8.44. The van der Waals surface area contributed by atoms with E-state index >= 15 is 0 Å². The number of carbonyl (C=O) groups is 3. The second-order valence-corrected chi connectivity index (χ2v) is 6.33. The van der Waals surface area contributed by atoms with E-state index in [2.05, 4.69) is 10.4 Å². The van der Waals surface area contributed by atoms with Gasteiger partial charge in [-0.2, -0.15) is 5.10 Å². The van der Waals surface area contributed by atoms with Crippen molar-refractivity contribution in [3.05, 3.63) is 40.0 Å². The number of hydrogen-bond acceptors (Lipinski definition) is 6. The Labute approximate surface area is 149 Å². The zero-order chi connectivity index (χ0) is 18.6. The Morgan fingerprint density at radius 1 is 1.40 bits per heavy atom. The number of anilines is 1. The fourth-order valence-corrected chi connectivity index (χ4v) is 3.33. The Hall–Kier alpha value is -2.74. The van der Waals surface area contributed by atoms with E-state index in [1.54, 1.807) is 44.0 Å². The van der Waals surface area contributed by atoms with Crippen LogP contribution in [0.4, 0.5) is 5.00 Å². The van der Waals surface area contributed by atoms with Crippen molar-refractivity contribution >= 4 is 40.1 Å². The minimum atomic E-state index is -0.560. The van der Waals surface area contributed by atoms with Crippen molar-refractivity contribution in [2.75, 3.05) is 11.9 Å². The summed E-state index contributed by atoms with van der Waals surface area (Å²) in [6.07, 6.45) is 6.33. The van der Waals surface area contributed by atoms with Crippen LogP contribution in [-0.2, 0) is 16.6 Å². The third-order valence-corrected chi connectivity index (χ3v) is 4.64. The van der Waals surface area contributed by atoms with Crippen molar-refractivity contribution in [2.45, 2.75) is 20.8 Å². The Morgan fingerprint density at radius 2 is 2.12 bits per heavy atom. The number of nitrogens with zero attached hydrogens (tertiary/aromatic N) is 2. The van der Waals surface area contributed by atoms with E-state index in [1.807, 2.05) is 0 Å². The van der Waals surface area contributed by atoms with Gasteiger partial charge in [0.05, 0.1) is 23.2 Å². The molecule has 25 heavy (non-hydrogen) atoms. The molecular formula is C17H19N3O4S. The highest BCUT2D eigenvalue weighted by molar-refractivity contribution is 7.18. The number of ketones is 1. The lowest BCUT2D eigenvalue weighted by atomic mass is 10.1. The molecule has 1 N–H and O–H groups in total. The average molecular weight is 361 g/mol. The van der Waals surface area contributed by atoms with Gasteiger partial charge < -0.3 is 10.1 Å². The molecule has 0 radical (unpaired) electrons. The Bertz CT molecular complexity index is 848. The summed E-state index contributed by atoms with van der Waals surface area (Å²) in [5, 5.41) is 6.97. The summed E-state index contributed by atoms with van der Waals surface area (Å²) < 4.78 is 6.66. The van der Waals surface area contributed by atoms with E-state index in [9.17, 15) is 14.4 Å². The minimum absolute atomic E-state index is 0.167. The van der Waals surface area contributed by atoms with Gasteiger partial charge in [0, 0.05) is 24.9 Å². The molecule has 0 saturated carbocycles. The van der Waals surface area contributed by atoms with Crippen LogP contribution in [0.3, 0.4) is 0 Å². The largest absolute Gasteiger partial charge is 0.462 e. The van der Waals surface area contributed by atoms with Crippen molar-refractivity contribution in [2.24, 2.45) is 7.05 Å². The molecule has 8 heteroatoms. The first-order chi connectivity index (χ1) is 11.8. The van der Waals surface area contributed by atoms with Gasteiger partial charge in [-0.25, -0.2) is 4.79 Å². The van der Waals surface area contributed by atoms with Gasteiger partial charge >= 0.3 is 5.97 Å². The monoisotopic (exact) mass is 361 g/mol. The topological polar surface area (TPSA) is 90.3 Å². The summed E-state index contributed by atoms with van der Waals surface area (Å²) in [6.45, 7) is 4.99. The fourth-order valence-electron chi connectivity index (χ4n) is 2.24. The third-order valence-electron chi connectivity index (χ3n) is 3.33. The van der Waals surface area contributed by atoms with Crippen LogP contribution in [0, 0.1) is 6.92 Å². The Morgan fingerprint density at radius 3 is 2.68 bits per heavy atom. The van der Waals surface area contributed by atoms with Gasteiger partial charge in [-0.15, -0.1) is 11.3 Å². The van der Waals surface area contributed by atoms with Crippen LogP contribution in [0.5, 0.6) is 0 Å². The fraction of sp³-hybridized carbons (Fsp3) is 0.294. The summed E-state index contributed by atoms with van der Waals surface area (Å²) >= 11 is 1.07. The van der Waals surface area contributed by atoms with E-state index < -0.39 is 11.9 Å². The van der Waals surface area contributed by atoms with Gasteiger partial charge in [0.25, 0.3) is 0 Å². The third kappa shape index (κ3) is 4.42. The van der Waals surface area contributed by atoms with Crippen molar-refractivity contribution < 1.29 is 19.1 Å². The number of hydrogen-bond donors (Lipinski definition) is 1. The molecule has 2 aromatic heterocycles. The lowest BCUT2D eigenvalue weighted by Crippen LogP contribution is -2.12. The number of carbonyl (C=O) groups excluding carboxylic acids is 3. The molecule has 7 nitrogen and oxygen atoms in total. The molecule has 0 aliphatic heterocycles. The number of nitrogens with one attached hydrogen (secondary N) is 1. The molecular weight excluding hydrogens is 342 g/mol. The van der Waals surface area contributed by atoms with Crippen molar-refractivity contribution in [1.82, 2.24) is 9.78 Å². The van der Waals surface area contributed by atoms with Crippen molar-refractivity contribution in [3.63, 3.8) is 0 Å². The summed E-state index contributed by atoms with van der Waals surface area (Å²) in [6, 6.07) is 0. The molecule has 2 heterocycles. The van der Waals surface area contributed by atoms with E-state index in [0.717, 1.165) is 16.9 Å². The number of aryl methyl sites for hydroxylation is 1. The van der Waals surface area contributed by atoms with Gasteiger partial charge in [-0.3, -0.25) is 14.3 Å². The van der Waals surface area contributed by atoms with E-state index in [4.69, 9.17) is 4.74 Å². The summed E-state index contributed by atoms with van der Waals surface area (Å²) in [5.41, 5.74) is 1.51. The molecule has 132 valence electrons. The lowest BCUT2D eigenvalue weighted by Gasteiger charge is -2.05. The SMILES string of the molecule is CCOC(=O)c1c(NC(=O)C=Cc2cnn(C)c2)sc(C(C)=O)c1C. The maximum atomic E-state index is 12.2. The number of rotatable bonds is 6. The molecule has 2 rings (SSSR count). The summed E-state index contributed by atoms with van der Waals surface area (Å²) in [5.74, 6) is -1.14. The van der Waals surface area contributed by atoms with Crippen LogP contribution >= 0.6 is 11.3 Å². The van der Waals surface area contributed by atoms with Crippen LogP contribution in [0.1, 0.15) is 45.0 Å². The number of amides is 1. The number of Topliss-reactive ketones (excluding diaryl/α,β-unsaturated/α-hetero) is 1. The van der Waals surface area contributed by atoms with E-state index in [0.29, 0.717) is 15.4 Å². The van der Waals surface area contributed by atoms with Crippen molar-refractivity contribution in [1.29, 1.82) is 0 Å².